The van der Waals surface area contributed by atoms with Gasteiger partial charge < -0.3 is 24.3 Å². The van der Waals surface area contributed by atoms with Gasteiger partial charge in [0.05, 0.1) is 7.11 Å². The molecule has 2 aromatic rings. The molecule has 0 aromatic heterocycles. The first-order chi connectivity index (χ1) is 13.7. The molecule has 0 aliphatic heterocycles. The molecule has 2 aromatic carbocycles. The van der Waals surface area contributed by atoms with E-state index >= 15 is 0 Å². The number of aryl methyl sites for hydroxylation is 1. The van der Waals surface area contributed by atoms with E-state index in [1.807, 2.05) is 6.92 Å². The first-order valence-corrected chi connectivity index (χ1v) is 8.25. The van der Waals surface area contributed by atoms with E-state index in [1.54, 1.807) is 18.2 Å². The van der Waals surface area contributed by atoms with Crippen molar-refractivity contribution >= 4 is 17.6 Å². The summed E-state index contributed by atoms with van der Waals surface area (Å²) in [7, 11) is 1.46. The topological polar surface area (TPSA) is 83.1 Å². The smallest absolute Gasteiger partial charge is 0.493 e. The first kappa shape index (κ1) is 21.9. The van der Waals surface area contributed by atoms with Gasteiger partial charge in [-0.05, 0) is 48.9 Å². The molecule has 0 spiro atoms. The molecule has 0 radical (unpaired) electrons. The zero-order valence-corrected chi connectivity index (χ0v) is 15.5. The van der Waals surface area contributed by atoms with Gasteiger partial charge >= 0.3 is 12.3 Å². The van der Waals surface area contributed by atoms with Gasteiger partial charge in [-0.1, -0.05) is 6.07 Å². The number of hydrogen-bond acceptors (Lipinski definition) is 6. The minimum absolute atomic E-state index is 0.209. The predicted octanol–water partition coefficient (Wildman–Crippen LogP) is 3.46. The Balaban J connectivity index is 1.76. The third kappa shape index (κ3) is 7.60. The van der Waals surface area contributed by atoms with Gasteiger partial charge in [0, 0.05) is 5.69 Å². The first-order valence-electron chi connectivity index (χ1n) is 8.25. The zero-order chi connectivity index (χ0) is 21.4. The number of alkyl halides is 3. The van der Waals surface area contributed by atoms with Crippen molar-refractivity contribution in [3.05, 3.63) is 48.0 Å². The fourth-order valence-corrected chi connectivity index (χ4v) is 2.16. The molecule has 0 heterocycles. The fourth-order valence-electron chi connectivity index (χ4n) is 2.16. The number of ether oxygens (including phenoxy) is 4. The number of carbonyl (C=O) groups is 2. The van der Waals surface area contributed by atoms with Crippen LogP contribution in [0.2, 0.25) is 0 Å². The normalized spacial score (nSPS) is 10.8. The maximum absolute atomic E-state index is 12.1. The summed E-state index contributed by atoms with van der Waals surface area (Å²) in [5.41, 5.74) is 1.16. The summed E-state index contributed by atoms with van der Waals surface area (Å²) in [5, 5.41) is 2.37. The van der Waals surface area contributed by atoms with Crippen LogP contribution >= 0.6 is 0 Å². The van der Waals surface area contributed by atoms with Gasteiger partial charge in [0.15, 0.2) is 24.7 Å². The van der Waals surface area contributed by atoms with Crippen molar-refractivity contribution < 1.29 is 41.7 Å². The number of halogens is 3. The number of benzene rings is 2. The maximum atomic E-state index is 12.1. The molecule has 156 valence electrons. The van der Waals surface area contributed by atoms with Crippen LogP contribution in [-0.2, 0) is 14.3 Å². The second-order valence-electron chi connectivity index (χ2n) is 5.72. The lowest BCUT2D eigenvalue weighted by molar-refractivity contribution is -0.274. The third-order valence-electron chi connectivity index (χ3n) is 3.40. The Kier molecular flexibility index (Phi) is 7.29. The summed E-state index contributed by atoms with van der Waals surface area (Å²) < 4.78 is 55.3. The highest BCUT2D eigenvalue weighted by Crippen LogP contribution is 2.27. The Morgan fingerprint density at radius 2 is 1.69 bits per heavy atom. The molecular weight excluding hydrogens is 395 g/mol. The summed E-state index contributed by atoms with van der Waals surface area (Å²) in [5.74, 6) is -1.08. The van der Waals surface area contributed by atoms with Gasteiger partial charge in [0.1, 0.15) is 5.75 Å². The number of hydrogen-bond donors (Lipinski definition) is 1. The average molecular weight is 413 g/mol. The van der Waals surface area contributed by atoms with E-state index in [-0.39, 0.29) is 5.69 Å². The Morgan fingerprint density at radius 3 is 2.31 bits per heavy atom. The van der Waals surface area contributed by atoms with Crippen LogP contribution in [0.5, 0.6) is 17.2 Å². The van der Waals surface area contributed by atoms with Crippen molar-refractivity contribution in [1.29, 1.82) is 0 Å². The van der Waals surface area contributed by atoms with Crippen molar-refractivity contribution in [2.24, 2.45) is 0 Å². The van der Waals surface area contributed by atoms with E-state index < -0.39 is 37.2 Å². The van der Waals surface area contributed by atoms with Crippen LogP contribution in [-0.4, -0.2) is 38.6 Å². The standard InChI is InChI=1S/C19H18F3NO6/c1-12-3-8-15(16(9-12)26-2)27-11-18(25)28-10-17(24)23-13-4-6-14(7-5-13)29-19(20,21)22/h3-9H,10-11H2,1-2H3,(H,23,24). The van der Waals surface area contributed by atoms with Crippen molar-refractivity contribution in [3.63, 3.8) is 0 Å². The molecule has 0 saturated carbocycles. The van der Waals surface area contributed by atoms with Gasteiger partial charge in [-0.2, -0.15) is 0 Å². The van der Waals surface area contributed by atoms with Crippen LogP contribution < -0.4 is 19.5 Å². The molecule has 0 atom stereocenters. The second kappa shape index (κ2) is 9.67. The van der Waals surface area contributed by atoms with E-state index in [0.29, 0.717) is 11.5 Å². The van der Waals surface area contributed by atoms with Crippen LogP contribution in [0.1, 0.15) is 5.56 Å². The van der Waals surface area contributed by atoms with Gasteiger partial charge in [-0.3, -0.25) is 4.79 Å². The fraction of sp³-hybridized carbons (Fsp3) is 0.263. The Morgan fingerprint density at radius 1 is 1.00 bits per heavy atom. The Bertz CT molecular complexity index is 852. The minimum Gasteiger partial charge on any atom is -0.493 e. The van der Waals surface area contributed by atoms with Gasteiger partial charge in [-0.15, -0.1) is 13.2 Å². The number of carbonyl (C=O) groups excluding carboxylic acids is 2. The molecule has 0 aliphatic carbocycles. The van der Waals surface area contributed by atoms with E-state index in [9.17, 15) is 22.8 Å². The molecule has 1 N–H and O–H groups in total. The van der Waals surface area contributed by atoms with Crippen molar-refractivity contribution in [2.75, 3.05) is 25.6 Å². The maximum Gasteiger partial charge on any atom is 0.573 e. The quantitative estimate of drug-likeness (QED) is 0.668. The highest BCUT2D eigenvalue weighted by molar-refractivity contribution is 5.92. The Labute approximate surface area is 164 Å². The molecule has 0 unspecified atom stereocenters. The largest absolute Gasteiger partial charge is 0.573 e. The van der Waals surface area contributed by atoms with Crippen LogP contribution in [0.25, 0.3) is 0 Å². The molecule has 0 bridgehead atoms. The molecule has 7 nitrogen and oxygen atoms in total. The lowest BCUT2D eigenvalue weighted by Gasteiger charge is -2.11. The van der Waals surface area contributed by atoms with Crippen molar-refractivity contribution in [2.45, 2.75) is 13.3 Å². The van der Waals surface area contributed by atoms with E-state index in [1.165, 1.54) is 19.2 Å². The lowest BCUT2D eigenvalue weighted by atomic mass is 10.2. The van der Waals surface area contributed by atoms with Gasteiger partial charge in [0.2, 0.25) is 0 Å². The number of nitrogens with one attached hydrogen (secondary N) is 1. The molecule has 0 aliphatic rings. The molecule has 0 fully saturated rings. The summed E-state index contributed by atoms with van der Waals surface area (Å²) in [6, 6.07) is 9.66. The number of amides is 1. The molecule has 10 heteroatoms. The van der Waals surface area contributed by atoms with Crippen molar-refractivity contribution in [1.82, 2.24) is 0 Å². The lowest BCUT2D eigenvalue weighted by Crippen LogP contribution is -2.23. The van der Waals surface area contributed by atoms with Crippen LogP contribution in [0.4, 0.5) is 18.9 Å². The molecule has 1 amide bonds. The highest BCUT2D eigenvalue weighted by Gasteiger charge is 2.30. The summed E-state index contributed by atoms with van der Waals surface area (Å²) >= 11 is 0. The van der Waals surface area contributed by atoms with Crippen LogP contribution in [0.3, 0.4) is 0 Å². The zero-order valence-electron chi connectivity index (χ0n) is 15.5. The van der Waals surface area contributed by atoms with E-state index in [0.717, 1.165) is 17.7 Å². The molecular formula is C19H18F3NO6. The summed E-state index contributed by atoms with van der Waals surface area (Å²) in [6.07, 6.45) is -4.80. The number of anilines is 1. The second-order valence-corrected chi connectivity index (χ2v) is 5.72. The Hall–Kier alpha value is -3.43. The summed E-state index contributed by atoms with van der Waals surface area (Å²) in [4.78, 5) is 23.5. The van der Waals surface area contributed by atoms with Gasteiger partial charge in [0.25, 0.3) is 5.91 Å². The van der Waals surface area contributed by atoms with Gasteiger partial charge in [-0.25, -0.2) is 4.79 Å². The van der Waals surface area contributed by atoms with E-state index in [4.69, 9.17) is 14.2 Å². The SMILES string of the molecule is COc1cc(C)ccc1OCC(=O)OCC(=O)Nc1ccc(OC(F)(F)F)cc1. The predicted molar refractivity (Wildman–Crippen MR) is 95.9 cm³/mol. The highest BCUT2D eigenvalue weighted by atomic mass is 19.4. The van der Waals surface area contributed by atoms with Crippen LogP contribution in [0.15, 0.2) is 42.5 Å². The number of methoxy groups -OCH3 is 1. The molecule has 2 rings (SSSR count). The van der Waals surface area contributed by atoms with Crippen molar-refractivity contribution in [3.8, 4) is 17.2 Å². The number of esters is 1. The number of rotatable bonds is 8. The minimum atomic E-state index is -4.80. The third-order valence-corrected chi connectivity index (χ3v) is 3.40. The monoisotopic (exact) mass is 413 g/mol. The molecule has 29 heavy (non-hydrogen) atoms. The van der Waals surface area contributed by atoms with E-state index in [2.05, 4.69) is 10.1 Å². The van der Waals surface area contributed by atoms with Crippen LogP contribution in [0, 0.1) is 6.92 Å². The molecule has 0 saturated heterocycles. The summed E-state index contributed by atoms with van der Waals surface area (Å²) in [6.45, 7) is 0.847. The average Bonchev–Trinajstić information content (AvgIpc) is 2.65.